The smallest absolute Gasteiger partial charge is 0.224 e. The number of carbonyl (C=O) groups is 1. The molecule has 4 heteroatoms. The predicted octanol–water partition coefficient (Wildman–Crippen LogP) is 4.61. The minimum Gasteiger partial charge on any atom is -0.487 e. The summed E-state index contributed by atoms with van der Waals surface area (Å²) in [7, 11) is 0. The van der Waals surface area contributed by atoms with Gasteiger partial charge in [-0.1, -0.05) is 56.7 Å². The summed E-state index contributed by atoms with van der Waals surface area (Å²) in [6, 6.07) is 13.6. The van der Waals surface area contributed by atoms with Gasteiger partial charge in [0.15, 0.2) is 0 Å². The summed E-state index contributed by atoms with van der Waals surface area (Å²) in [6.45, 7) is 8.17. The lowest BCUT2D eigenvalue weighted by Crippen LogP contribution is -2.12. The number of aryl methyl sites for hydroxylation is 1. The lowest BCUT2D eigenvalue weighted by molar-refractivity contribution is -0.115. The molecule has 0 aliphatic heterocycles. The molecular weight excluding hydrogens is 314 g/mol. The van der Waals surface area contributed by atoms with E-state index in [1.54, 1.807) is 19.1 Å². The second-order valence-electron chi connectivity index (χ2n) is 6.62. The van der Waals surface area contributed by atoms with Crippen molar-refractivity contribution in [2.75, 3.05) is 5.32 Å². The minimum absolute atomic E-state index is 0.0867. The van der Waals surface area contributed by atoms with Gasteiger partial charge in [0.05, 0.1) is 11.8 Å². The normalized spacial score (nSPS) is 12.1. The van der Waals surface area contributed by atoms with Crippen LogP contribution in [0.25, 0.3) is 0 Å². The first kappa shape index (κ1) is 19.0. The van der Waals surface area contributed by atoms with Crippen molar-refractivity contribution in [1.82, 2.24) is 0 Å². The van der Waals surface area contributed by atoms with Crippen LogP contribution in [0.2, 0.25) is 0 Å². The third kappa shape index (κ3) is 5.33. The first-order chi connectivity index (χ1) is 11.9. The maximum atomic E-state index is 11.8. The van der Waals surface area contributed by atoms with Crippen LogP contribution in [0.15, 0.2) is 42.5 Å². The monoisotopic (exact) mass is 341 g/mol. The van der Waals surface area contributed by atoms with E-state index in [1.165, 1.54) is 5.56 Å². The molecule has 1 atom stereocenters. The van der Waals surface area contributed by atoms with Crippen molar-refractivity contribution in [1.29, 1.82) is 0 Å². The van der Waals surface area contributed by atoms with Gasteiger partial charge in [0, 0.05) is 6.42 Å². The molecule has 0 radical (unpaired) electrons. The number of hydrogen-bond acceptors (Lipinski definition) is 3. The number of ether oxygens (including phenoxy) is 1. The molecule has 0 aliphatic carbocycles. The average molecular weight is 341 g/mol. The van der Waals surface area contributed by atoms with Gasteiger partial charge in [0.25, 0.3) is 0 Å². The SMILES string of the molecule is CCC(=O)Nc1cc([C@H](O)C(C)C)ccc1OCc1ccc(C)cc1. The highest BCUT2D eigenvalue weighted by atomic mass is 16.5. The molecule has 134 valence electrons. The van der Waals surface area contributed by atoms with Crippen molar-refractivity contribution in [3.05, 3.63) is 59.2 Å². The molecular formula is C21H27NO3. The van der Waals surface area contributed by atoms with Gasteiger partial charge in [0.1, 0.15) is 12.4 Å². The zero-order valence-electron chi connectivity index (χ0n) is 15.4. The highest BCUT2D eigenvalue weighted by Gasteiger charge is 2.15. The number of rotatable bonds is 7. The molecule has 0 bridgehead atoms. The fourth-order valence-corrected chi connectivity index (χ4v) is 2.42. The van der Waals surface area contributed by atoms with Gasteiger partial charge < -0.3 is 15.2 Å². The Hall–Kier alpha value is -2.33. The van der Waals surface area contributed by atoms with E-state index in [0.29, 0.717) is 24.5 Å². The standard InChI is InChI=1S/C21H27NO3/c1-5-20(23)22-18-12-17(21(24)14(2)3)10-11-19(18)25-13-16-8-6-15(4)7-9-16/h6-12,14,21,24H,5,13H2,1-4H3,(H,22,23)/t21-/m1/s1. The first-order valence-corrected chi connectivity index (χ1v) is 8.71. The van der Waals surface area contributed by atoms with E-state index in [4.69, 9.17) is 4.74 Å². The number of aliphatic hydroxyl groups excluding tert-OH is 1. The van der Waals surface area contributed by atoms with Crippen molar-refractivity contribution < 1.29 is 14.6 Å². The molecule has 0 unspecified atom stereocenters. The summed E-state index contributed by atoms with van der Waals surface area (Å²) in [5.41, 5.74) is 3.62. The van der Waals surface area contributed by atoms with Crippen LogP contribution in [0.5, 0.6) is 5.75 Å². The van der Waals surface area contributed by atoms with E-state index in [9.17, 15) is 9.90 Å². The maximum absolute atomic E-state index is 11.8. The van der Waals surface area contributed by atoms with E-state index in [1.807, 2.05) is 51.1 Å². The van der Waals surface area contributed by atoms with Crippen LogP contribution in [-0.4, -0.2) is 11.0 Å². The van der Waals surface area contributed by atoms with Crippen LogP contribution < -0.4 is 10.1 Å². The summed E-state index contributed by atoms with van der Waals surface area (Å²) < 4.78 is 5.91. The molecule has 0 aliphatic rings. The van der Waals surface area contributed by atoms with Crippen molar-refractivity contribution in [3.63, 3.8) is 0 Å². The van der Waals surface area contributed by atoms with Crippen molar-refractivity contribution in [2.24, 2.45) is 5.92 Å². The lowest BCUT2D eigenvalue weighted by Gasteiger charge is -2.18. The number of nitrogens with one attached hydrogen (secondary N) is 1. The molecule has 0 saturated carbocycles. The lowest BCUT2D eigenvalue weighted by atomic mass is 9.98. The van der Waals surface area contributed by atoms with Crippen LogP contribution in [0.4, 0.5) is 5.69 Å². The number of aliphatic hydroxyl groups is 1. The largest absolute Gasteiger partial charge is 0.487 e. The molecule has 2 rings (SSSR count). The summed E-state index contributed by atoms with van der Waals surface area (Å²) in [5.74, 6) is 0.604. The van der Waals surface area contributed by atoms with Gasteiger partial charge >= 0.3 is 0 Å². The summed E-state index contributed by atoms with van der Waals surface area (Å²) in [5, 5.41) is 13.1. The van der Waals surface area contributed by atoms with E-state index in [-0.39, 0.29) is 11.8 Å². The second-order valence-corrected chi connectivity index (χ2v) is 6.62. The average Bonchev–Trinajstić information content (AvgIpc) is 2.61. The number of anilines is 1. The Morgan fingerprint density at radius 2 is 1.84 bits per heavy atom. The highest BCUT2D eigenvalue weighted by molar-refractivity contribution is 5.92. The van der Waals surface area contributed by atoms with E-state index in [0.717, 1.165) is 11.1 Å². The summed E-state index contributed by atoms with van der Waals surface area (Å²) >= 11 is 0. The molecule has 0 aromatic heterocycles. The molecule has 1 amide bonds. The Morgan fingerprint density at radius 1 is 1.16 bits per heavy atom. The number of amides is 1. The topological polar surface area (TPSA) is 58.6 Å². The fourth-order valence-electron chi connectivity index (χ4n) is 2.42. The van der Waals surface area contributed by atoms with Crippen molar-refractivity contribution >= 4 is 11.6 Å². The van der Waals surface area contributed by atoms with Crippen LogP contribution in [0.3, 0.4) is 0 Å². The van der Waals surface area contributed by atoms with Gasteiger partial charge in [0.2, 0.25) is 5.91 Å². The van der Waals surface area contributed by atoms with Crippen molar-refractivity contribution in [2.45, 2.75) is 46.8 Å². The van der Waals surface area contributed by atoms with Crippen LogP contribution in [-0.2, 0) is 11.4 Å². The highest BCUT2D eigenvalue weighted by Crippen LogP contribution is 2.31. The van der Waals surface area contributed by atoms with E-state index in [2.05, 4.69) is 5.32 Å². The Labute approximate surface area is 149 Å². The number of hydrogen-bond donors (Lipinski definition) is 2. The Bertz CT molecular complexity index is 708. The third-order valence-electron chi connectivity index (χ3n) is 4.09. The zero-order chi connectivity index (χ0) is 18.4. The Kier molecular flexibility index (Phi) is 6.59. The quantitative estimate of drug-likeness (QED) is 0.773. The molecule has 25 heavy (non-hydrogen) atoms. The fraction of sp³-hybridized carbons (Fsp3) is 0.381. The van der Waals surface area contributed by atoms with Gasteiger partial charge in [-0.05, 0) is 36.1 Å². The van der Waals surface area contributed by atoms with Crippen LogP contribution in [0, 0.1) is 12.8 Å². The van der Waals surface area contributed by atoms with Crippen molar-refractivity contribution in [3.8, 4) is 5.75 Å². The molecule has 0 spiro atoms. The zero-order valence-corrected chi connectivity index (χ0v) is 15.4. The van der Waals surface area contributed by atoms with Crippen LogP contribution in [0.1, 0.15) is 50.0 Å². The maximum Gasteiger partial charge on any atom is 0.224 e. The predicted molar refractivity (Wildman–Crippen MR) is 101 cm³/mol. The summed E-state index contributed by atoms with van der Waals surface area (Å²) in [4.78, 5) is 11.8. The molecule has 4 nitrogen and oxygen atoms in total. The first-order valence-electron chi connectivity index (χ1n) is 8.71. The Balaban J connectivity index is 2.22. The molecule has 2 aromatic rings. The van der Waals surface area contributed by atoms with E-state index >= 15 is 0 Å². The molecule has 2 N–H and O–H groups in total. The van der Waals surface area contributed by atoms with E-state index < -0.39 is 6.10 Å². The Morgan fingerprint density at radius 3 is 2.44 bits per heavy atom. The molecule has 2 aromatic carbocycles. The number of carbonyl (C=O) groups excluding carboxylic acids is 1. The molecule has 0 saturated heterocycles. The van der Waals surface area contributed by atoms with Crippen LogP contribution >= 0.6 is 0 Å². The molecule has 0 heterocycles. The molecule has 0 fully saturated rings. The number of benzene rings is 2. The van der Waals surface area contributed by atoms with Gasteiger partial charge in [-0.15, -0.1) is 0 Å². The minimum atomic E-state index is -0.580. The summed E-state index contributed by atoms with van der Waals surface area (Å²) in [6.07, 6.45) is -0.197. The van der Waals surface area contributed by atoms with Gasteiger partial charge in [-0.2, -0.15) is 0 Å². The van der Waals surface area contributed by atoms with Gasteiger partial charge in [-0.3, -0.25) is 4.79 Å². The third-order valence-corrected chi connectivity index (χ3v) is 4.09. The second kappa shape index (κ2) is 8.67. The van der Waals surface area contributed by atoms with Gasteiger partial charge in [-0.25, -0.2) is 0 Å².